The fraction of sp³-hybridized carbons (Fsp3) is 0.267. The van der Waals surface area contributed by atoms with Gasteiger partial charge in [0.1, 0.15) is 17.1 Å². The van der Waals surface area contributed by atoms with E-state index in [0.717, 1.165) is 5.56 Å². The van der Waals surface area contributed by atoms with Crippen LogP contribution in [0.15, 0.2) is 30.5 Å². The number of benzene rings is 1. The van der Waals surface area contributed by atoms with Crippen molar-refractivity contribution in [3.05, 3.63) is 36.0 Å². The Balaban J connectivity index is 2.47. The maximum Gasteiger partial charge on any atom is 0.270 e. The summed E-state index contributed by atoms with van der Waals surface area (Å²) >= 11 is 0. The van der Waals surface area contributed by atoms with Crippen LogP contribution in [0, 0.1) is 0 Å². The largest absolute Gasteiger partial charge is 0.497 e. The van der Waals surface area contributed by atoms with E-state index >= 15 is 0 Å². The number of nitrogens with zero attached hydrogens (tertiary/aromatic N) is 2. The lowest BCUT2D eigenvalue weighted by Crippen LogP contribution is -2.31. The number of carbonyl (C=O) groups is 1. The highest BCUT2D eigenvalue weighted by molar-refractivity contribution is 5.98. The number of hydrogen-bond acceptors (Lipinski definition) is 6. The van der Waals surface area contributed by atoms with Crippen LogP contribution in [0.3, 0.4) is 0 Å². The smallest absolute Gasteiger partial charge is 0.270 e. The van der Waals surface area contributed by atoms with E-state index < -0.39 is 5.91 Å². The summed E-state index contributed by atoms with van der Waals surface area (Å²) in [5.41, 5.74) is 3.18. The predicted molar refractivity (Wildman–Crippen MR) is 84.4 cm³/mol. The second kappa shape index (κ2) is 6.86. The number of amides is 1. The summed E-state index contributed by atoms with van der Waals surface area (Å²) in [6.45, 7) is 3.91. The van der Waals surface area contributed by atoms with Crippen LogP contribution < -0.4 is 21.3 Å². The Kier molecular flexibility index (Phi) is 4.90. The van der Waals surface area contributed by atoms with Crippen LogP contribution in [0.5, 0.6) is 5.75 Å². The summed E-state index contributed by atoms with van der Waals surface area (Å²) in [5.74, 6) is 6.39. The molecule has 0 aliphatic heterocycles. The zero-order chi connectivity index (χ0) is 16.1. The SMILES string of the molecule is COc1cccc(-c2ncc(C(=O)NN)c(NC(C)C)n2)c1. The van der Waals surface area contributed by atoms with Gasteiger partial charge in [-0.05, 0) is 26.0 Å². The molecule has 7 nitrogen and oxygen atoms in total. The van der Waals surface area contributed by atoms with Crippen molar-refractivity contribution in [1.82, 2.24) is 15.4 Å². The number of hydrogen-bond donors (Lipinski definition) is 3. The summed E-state index contributed by atoms with van der Waals surface area (Å²) in [4.78, 5) is 20.5. The molecule has 0 radical (unpaired) electrons. The average Bonchev–Trinajstić information content (AvgIpc) is 2.53. The van der Waals surface area contributed by atoms with Crippen LogP contribution >= 0.6 is 0 Å². The van der Waals surface area contributed by atoms with Crippen LogP contribution in [-0.2, 0) is 0 Å². The van der Waals surface area contributed by atoms with Gasteiger partial charge < -0.3 is 10.1 Å². The standard InChI is InChI=1S/C15H19N5O2/c1-9(2)18-14-12(15(21)20-16)8-17-13(19-14)10-5-4-6-11(7-10)22-3/h4-9H,16H2,1-3H3,(H,20,21)(H,17,18,19). The third kappa shape index (κ3) is 3.50. The van der Waals surface area contributed by atoms with E-state index in [1.165, 1.54) is 6.20 Å². The number of anilines is 1. The van der Waals surface area contributed by atoms with Gasteiger partial charge in [0.2, 0.25) is 0 Å². The molecule has 7 heteroatoms. The average molecular weight is 301 g/mol. The molecule has 1 aromatic heterocycles. The fourth-order valence-corrected chi connectivity index (χ4v) is 1.91. The second-order valence-electron chi connectivity index (χ2n) is 4.96. The van der Waals surface area contributed by atoms with Crippen molar-refractivity contribution in [3.63, 3.8) is 0 Å². The maximum absolute atomic E-state index is 11.8. The molecule has 0 atom stereocenters. The van der Waals surface area contributed by atoms with Gasteiger partial charge in [-0.3, -0.25) is 10.2 Å². The molecular formula is C15H19N5O2. The Morgan fingerprint density at radius 3 is 2.77 bits per heavy atom. The van der Waals surface area contributed by atoms with Gasteiger partial charge in [0, 0.05) is 17.8 Å². The first kappa shape index (κ1) is 15.7. The van der Waals surface area contributed by atoms with Crippen LogP contribution in [-0.4, -0.2) is 29.0 Å². The van der Waals surface area contributed by atoms with Gasteiger partial charge in [0.25, 0.3) is 5.91 Å². The summed E-state index contributed by atoms with van der Waals surface area (Å²) in [6.07, 6.45) is 1.45. The zero-order valence-electron chi connectivity index (χ0n) is 12.8. The number of methoxy groups -OCH3 is 1. The third-order valence-electron chi connectivity index (χ3n) is 2.92. The number of nitrogen functional groups attached to an aromatic ring is 1. The van der Waals surface area contributed by atoms with Crippen molar-refractivity contribution in [2.75, 3.05) is 12.4 Å². The molecule has 2 rings (SSSR count). The number of aromatic nitrogens is 2. The molecule has 2 aromatic rings. The zero-order valence-corrected chi connectivity index (χ0v) is 12.8. The monoisotopic (exact) mass is 301 g/mol. The van der Waals surface area contributed by atoms with Crippen LogP contribution in [0.2, 0.25) is 0 Å². The quantitative estimate of drug-likeness (QED) is 0.440. The number of carbonyl (C=O) groups excluding carboxylic acids is 1. The molecule has 0 spiro atoms. The highest BCUT2D eigenvalue weighted by Gasteiger charge is 2.15. The minimum atomic E-state index is -0.444. The van der Waals surface area contributed by atoms with Gasteiger partial charge in [0.05, 0.1) is 7.11 Å². The highest BCUT2D eigenvalue weighted by atomic mass is 16.5. The number of nitrogens with one attached hydrogen (secondary N) is 2. The van der Waals surface area contributed by atoms with Crippen LogP contribution in [0.1, 0.15) is 24.2 Å². The highest BCUT2D eigenvalue weighted by Crippen LogP contribution is 2.23. The Morgan fingerprint density at radius 1 is 1.36 bits per heavy atom. The summed E-state index contributed by atoms with van der Waals surface area (Å²) in [6, 6.07) is 7.51. The topological polar surface area (TPSA) is 102 Å². The van der Waals surface area contributed by atoms with E-state index in [-0.39, 0.29) is 6.04 Å². The first-order chi connectivity index (χ1) is 10.5. The molecule has 0 bridgehead atoms. The molecule has 116 valence electrons. The Morgan fingerprint density at radius 2 is 2.14 bits per heavy atom. The van der Waals surface area contributed by atoms with Crippen molar-refractivity contribution < 1.29 is 9.53 Å². The van der Waals surface area contributed by atoms with E-state index in [9.17, 15) is 4.79 Å². The molecule has 0 fully saturated rings. The minimum Gasteiger partial charge on any atom is -0.497 e. The third-order valence-corrected chi connectivity index (χ3v) is 2.92. The molecule has 1 aromatic carbocycles. The molecule has 1 heterocycles. The lowest BCUT2D eigenvalue weighted by Gasteiger charge is -2.14. The van der Waals surface area contributed by atoms with Gasteiger partial charge >= 0.3 is 0 Å². The predicted octanol–water partition coefficient (Wildman–Crippen LogP) is 1.58. The van der Waals surface area contributed by atoms with Gasteiger partial charge in [0.15, 0.2) is 5.82 Å². The lowest BCUT2D eigenvalue weighted by atomic mass is 10.2. The van der Waals surface area contributed by atoms with Crippen molar-refractivity contribution in [3.8, 4) is 17.1 Å². The molecule has 0 unspecified atom stereocenters. The first-order valence-electron chi connectivity index (χ1n) is 6.84. The number of nitrogens with two attached hydrogens (primary N) is 1. The molecule has 0 saturated heterocycles. The van der Waals surface area contributed by atoms with E-state index in [4.69, 9.17) is 10.6 Å². The Labute approximate surface area is 128 Å². The molecule has 0 aliphatic rings. The van der Waals surface area contributed by atoms with Crippen molar-refractivity contribution in [2.45, 2.75) is 19.9 Å². The van der Waals surface area contributed by atoms with E-state index in [2.05, 4.69) is 20.7 Å². The second-order valence-corrected chi connectivity index (χ2v) is 4.96. The van der Waals surface area contributed by atoms with Gasteiger partial charge in [-0.25, -0.2) is 15.8 Å². The van der Waals surface area contributed by atoms with Crippen molar-refractivity contribution >= 4 is 11.7 Å². The van der Waals surface area contributed by atoms with Crippen LogP contribution in [0.25, 0.3) is 11.4 Å². The Hall–Kier alpha value is -2.67. The molecule has 1 amide bonds. The van der Waals surface area contributed by atoms with Crippen LogP contribution in [0.4, 0.5) is 5.82 Å². The maximum atomic E-state index is 11.8. The van der Waals surface area contributed by atoms with E-state index in [1.807, 2.05) is 38.1 Å². The fourth-order valence-electron chi connectivity index (χ4n) is 1.91. The summed E-state index contributed by atoms with van der Waals surface area (Å²) in [7, 11) is 1.60. The van der Waals surface area contributed by atoms with Gasteiger partial charge in [-0.2, -0.15) is 0 Å². The Bertz CT molecular complexity index is 673. The van der Waals surface area contributed by atoms with Crippen molar-refractivity contribution in [1.29, 1.82) is 0 Å². The number of ether oxygens (including phenoxy) is 1. The van der Waals surface area contributed by atoms with Gasteiger partial charge in [-0.15, -0.1) is 0 Å². The molecular weight excluding hydrogens is 282 g/mol. The minimum absolute atomic E-state index is 0.109. The van der Waals surface area contributed by atoms with E-state index in [1.54, 1.807) is 7.11 Å². The van der Waals surface area contributed by atoms with Gasteiger partial charge in [-0.1, -0.05) is 12.1 Å². The summed E-state index contributed by atoms with van der Waals surface area (Å²) in [5, 5.41) is 3.13. The number of hydrazine groups is 1. The van der Waals surface area contributed by atoms with E-state index in [0.29, 0.717) is 23.0 Å². The molecule has 0 saturated carbocycles. The normalized spacial score (nSPS) is 10.4. The first-order valence-corrected chi connectivity index (χ1v) is 6.84. The van der Waals surface area contributed by atoms with Crippen molar-refractivity contribution in [2.24, 2.45) is 5.84 Å². The molecule has 4 N–H and O–H groups in total. The number of rotatable bonds is 5. The molecule has 22 heavy (non-hydrogen) atoms. The summed E-state index contributed by atoms with van der Waals surface area (Å²) < 4.78 is 5.20. The molecule has 0 aliphatic carbocycles. The lowest BCUT2D eigenvalue weighted by molar-refractivity contribution is 0.0954.